The van der Waals surface area contributed by atoms with E-state index in [0.29, 0.717) is 13.0 Å². The van der Waals surface area contributed by atoms with Gasteiger partial charge in [-0.25, -0.2) is 0 Å². The number of carbonyl (C=O) groups excluding carboxylic acids is 1. The van der Waals surface area contributed by atoms with Crippen LogP contribution in [-0.4, -0.2) is 142 Å². The molecule has 0 saturated carbocycles. The fourth-order valence-corrected chi connectivity index (χ4v) is 11.1. The number of rotatable bonds is 57. The first-order valence-electron chi connectivity index (χ1n) is 33.8. The van der Waals surface area contributed by atoms with Gasteiger partial charge in [0.1, 0.15) is 54.9 Å². The van der Waals surface area contributed by atoms with Crippen molar-refractivity contribution in [2.45, 2.75) is 370 Å². The van der Waals surface area contributed by atoms with Gasteiger partial charge >= 0.3 is 5.97 Å². The van der Waals surface area contributed by atoms with E-state index in [-0.39, 0.29) is 25.6 Å². The average Bonchev–Trinajstić information content (AvgIpc) is 3.52. The molecular formula is C66H126O14. The zero-order chi connectivity index (χ0) is 57.9. The second kappa shape index (κ2) is 53.2. The summed E-state index contributed by atoms with van der Waals surface area (Å²) >= 11 is 0. The van der Waals surface area contributed by atoms with E-state index in [0.717, 1.165) is 38.5 Å². The average molecular weight is 1140 g/mol. The van der Waals surface area contributed by atoms with Crippen LogP contribution in [0.3, 0.4) is 0 Å². The van der Waals surface area contributed by atoms with E-state index in [2.05, 4.69) is 26.0 Å². The molecule has 0 aromatic carbocycles. The summed E-state index contributed by atoms with van der Waals surface area (Å²) in [6.07, 6.45) is 45.7. The van der Waals surface area contributed by atoms with Gasteiger partial charge in [0, 0.05) is 13.0 Å². The van der Waals surface area contributed by atoms with Crippen molar-refractivity contribution < 1.29 is 69.0 Å². The summed E-state index contributed by atoms with van der Waals surface area (Å²) in [4.78, 5) is 13.1. The van der Waals surface area contributed by atoms with E-state index in [1.165, 1.54) is 238 Å². The van der Waals surface area contributed by atoms with E-state index >= 15 is 0 Å². The first-order chi connectivity index (χ1) is 39.1. The largest absolute Gasteiger partial charge is 0.457 e. The van der Waals surface area contributed by atoms with Gasteiger partial charge in [-0.15, -0.1) is 0 Å². The molecule has 2 fully saturated rings. The molecule has 0 bridgehead atoms. The molecule has 2 saturated heterocycles. The molecule has 14 nitrogen and oxygen atoms in total. The van der Waals surface area contributed by atoms with Crippen LogP contribution in [0.5, 0.6) is 0 Å². The molecule has 7 N–H and O–H groups in total. The maximum absolute atomic E-state index is 13.1. The minimum absolute atomic E-state index is 0.0673. The molecular weight excluding hydrogens is 1020 g/mol. The SMILES string of the molecule is CCCCCCCCCC/C=C\CCCCCCCCCCCCOCC(COC1OC(COC2OC(CO)C(O)C(O)C2O)C(O)C(O)C1O)OC(=O)CCCCCCCCCCCCCCCCCCCCCCCCCC. The fourth-order valence-electron chi connectivity index (χ4n) is 11.1. The lowest BCUT2D eigenvalue weighted by atomic mass is 9.98. The number of carbonyl (C=O) groups is 1. The second-order valence-electron chi connectivity index (χ2n) is 24.0. The number of hydrogen-bond acceptors (Lipinski definition) is 14. The number of hydrogen-bond donors (Lipinski definition) is 7. The van der Waals surface area contributed by atoms with Crippen molar-refractivity contribution in [3.8, 4) is 0 Å². The highest BCUT2D eigenvalue weighted by Crippen LogP contribution is 2.27. The number of ether oxygens (including phenoxy) is 6. The first kappa shape index (κ1) is 74.8. The van der Waals surface area contributed by atoms with Gasteiger partial charge in [0.05, 0.1) is 26.4 Å². The Morgan fingerprint density at radius 1 is 0.400 bits per heavy atom. The molecule has 14 heteroatoms. The van der Waals surface area contributed by atoms with Crippen molar-refractivity contribution in [2.75, 3.05) is 33.0 Å². The minimum Gasteiger partial charge on any atom is -0.457 e. The van der Waals surface area contributed by atoms with Crippen LogP contribution in [0.25, 0.3) is 0 Å². The van der Waals surface area contributed by atoms with E-state index in [1.807, 2.05) is 0 Å². The molecule has 0 aromatic heterocycles. The Kier molecular flexibility index (Phi) is 49.8. The van der Waals surface area contributed by atoms with Crippen LogP contribution in [0.15, 0.2) is 12.2 Å². The highest BCUT2D eigenvalue weighted by molar-refractivity contribution is 5.69. The van der Waals surface area contributed by atoms with Crippen LogP contribution in [-0.2, 0) is 33.2 Å². The molecule has 2 aliphatic rings. The molecule has 0 radical (unpaired) electrons. The van der Waals surface area contributed by atoms with E-state index in [4.69, 9.17) is 28.4 Å². The number of unbranched alkanes of at least 4 members (excludes halogenated alkanes) is 41. The minimum atomic E-state index is -1.70. The highest BCUT2D eigenvalue weighted by atomic mass is 16.7. The van der Waals surface area contributed by atoms with Gasteiger partial charge < -0.3 is 64.2 Å². The van der Waals surface area contributed by atoms with Crippen LogP contribution in [0.2, 0.25) is 0 Å². The Morgan fingerprint density at radius 3 is 1.14 bits per heavy atom. The van der Waals surface area contributed by atoms with Crippen LogP contribution < -0.4 is 0 Å². The zero-order valence-corrected chi connectivity index (χ0v) is 51.3. The van der Waals surface area contributed by atoms with Crippen LogP contribution in [0.1, 0.15) is 303 Å². The highest BCUT2D eigenvalue weighted by Gasteiger charge is 2.47. The van der Waals surface area contributed by atoms with Crippen molar-refractivity contribution in [3.05, 3.63) is 12.2 Å². The third-order valence-corrected chi connectivity index (χ3v) is 16.5. The van der Waals surface area contributed by atoms with E-state index in [9.17, 15) is 40.5 Å². The molecule has 80 heavy (non-hydrogen) atoms. The summed E-state index contributed by atoms with van der Waals surface area (Å²) in [5, 5.41) is 72.6. The van der Waals surface area contributed by atoms with Gasteiger partial charge in [-0.05, 0) is 38.5 Å². The Labute approximate surface area is 488 Å². The van der Waals surface area contributed by atoms with Gasteiger partial charge in [0.2, 0.25) is 0 Å². The summed E-state index contributed by atoms with van der Waals surface area (Å²) in [6.45, 7) is 3.77. The lowest BCUT2D eigenvalue weighted by Gasteiger charge is -2.42. The lowest BCUT2D eigenvalue weighted by Crippen LogP contribution is -2.61. The molecule has 0 aromatic rings. The molecule has 0 aliphatic carbocycles. The topological polar surface area (TPSA) is 214 Å². The first-order valence-corrected chi connectivity index (χ1v) is 33.8. The van der Waals surface area contributed by atoms with Crippen molar-refractivity contribution >= 4 is 5.97 Å². The smallest absolute Gasteiger partial charge is 0.306 e. The Morgan fingerprint density at radius 2 is 0.738 bits per heavy atom. The second-order valence-corrected chi connectivity index (χ2v) is 24.0. The predicted octanol–water partition coefficient (Wildman–Crippen LogP) is 13.7. The number of esters is 1. The molecule has 2 rings (SSSR count). The molecule has 2 aliphatic heterocycles. The van der Waals surface area contributed by atoms with Gasteiger partial charge in [0.25, 0.3) is 0 Å². The molecule has 2 heterocycles. The number of aliphatic hydroxyl groups excluding tert-OH is 7. The molecule has 11 atom stereocenters. The summed E-state index contributed by atoms with van der Waals surface area (Å²) < 4.78 is 34.5. The maximum atomic E-state index is 13.1. The van der Waals surface area contributed by atoms with E-state index < -0.39 is 80.7 Å². The maximum Gasteiger partial charge on any atom is 0.306 e. The Hall–Kier alpha value is -1.27. The number of aliphatic hydroxyl groups is 7. The number of allylic oxidation sites excluding steroid dienone is 2. The van der Waals surface area contributed by atoms with Crippen LogP contribution >= 0.6 is 0 Å². The summed E-state index contributed by atoms with van der Waals surface area (Å²) in [7, 11) is 0. The summed E-state index contributed by atoms with van der Waals surface area (Å²) in [6, 6.07) is 0. The Bertz CT molecular complexity index is 1370. The third kappa shape index (κ3) is 38.6. The van der Waals surface area contributed by atoms with Crippen molar-refractivity contribution in [2.24, 2.45) is 0 Å². The third-order valence-electron chi connectivity index (χ3n) is 16.5. The molecule has 474 valence electrons. The Balaban J connectivity index is 1.65. The molecule has 11 unspecified atom stereocenters. The molecule has 0 spiro atoms. The lowest BCUT2D eigenvalue weighted by molar-refractivity contribution is -0.332. The zero-order valence-electron chi connectivity index (χ0n) is 51.3. The van der Waals surface area contributed by atoms with Gasteiger partial charge in [0.15, 0.2) is 12.6 Å². The summed E-state index contributed by atoms with van der Waals surface area (Å²) in [5.74, 6) is -0.367. The van der Waals surface area contributed by atoms with Gasteiger partial charge in [-0.1, -0.05) is 270 Å². The van der Waals surface area contributed by atoms with Gasteiger partial charge in [-0.3, -0.25) is 4.79 Å². The van der Waals surface area contributed by atoms with Gasteiger partial charge in [-0.2, -0.15) is 0 Å². The van der Waals surface area contributed by atoms with E-state index in [1.54, 1.807) is 0 Å². The van der Waals surface area contributed by atoms with Crippen molar-refractivity contribution in [1.29, 1.82) is 0 Å². The predicted molar refractivity (Wildman–Crippen MR) is 321 cm³/mol. The monoisotopic (exact) mass is 1140 g/mol. The quantitative estimate of drug-likeness (QED) is 0.0171. The van der Waals surface area contributed by atoms with Crippen LogP contribution in [0, 0.1) is 0 Å². The standard InChI is InChI=1S/C66H126O14/c1-3-5-7-9-11-13-15-17-19-21-23-25-27-28-29-31-33-35-37-39-41-43-45-47-49-58(68)78-55(52-75-50-48-46-44-42-40-38-36-34-32-30-26-24-22-20-18-16-14-12-10-8-6-4-2)53-76-65-64(74)62(72)60(70)57(80-65)54-77-66-63(73)61(71)59(69)56(51-67)79-66/h22,24,55-57,59-67,69-74H,3-21,23,25-54H2,1-2H3/b24-22-. The normalized spacial score (nSPS) is 23.8. The van der Waals surface area contributed by atoms with Crippen molar-refractivity contribution in [3.63, 3.8) is 0 Å². The van der Waals surface area contributed by atoms with Crippen molar-refractivity contribution in [1.82, 2.24) is 0 Å². The summed E-state index contributed by atoms with van der Waals surface area (Å²) in [5.41, 5.74) is 0. The van der Waals surface area contributed by atoms with Crippen LogP contribution in [0.4, 0.5) is 0 Å². The fraction of sp³-hybridized carbons (Fsp3) is 0.955. The molecule has 0 amide bonds.